The molecule has 9 heteroatoms. The Morgan fingerprint density at radius 2 is 1.39 bits per heavy atom. The van der Waals surface area contributed by atoms with Crippen LogP contribution >= 0.6 is 0 Å². The normalized spacial score (nSPS) is 15.0. The van der Waals surface area contributed by atoms with Crippen molar-refractivity contribution >= 4 is 23.8 Å². The molecule has 1 fully saturated rings. The molecule has 3 aromatic carbocycles. The van der Waals surface area contributed by atoms with E-state index < -0.39 is 29.9 Å². The molecule has 1 heterocycles. The Morgan fingerprint density at radius 1 is 0.805 bits per heavy atom. The first-order chi connectivity index (χ1) is 20.0. The van der Waals surface area contributed by atoms with Crippen molar-refractivity contribution in [3.05, 3.63) is 102 Å². The number of ether oxygens (including phenoxy) is 3. The van der Waals surface area contributed by atoms with Gasteiger partial charge in [0.15, 0.2) is 6.61 Å². The highest BCUT2D eigenvalue weighted by atomic mass is 16.5. The fraction of sp³-hybridized carbons (Fsp3) is 0.312. The fourth-order valence-electron chi connectivity index (χ4n) is 4.50. The van der Waals surface area contributed by atoms with Crippen molar-refractivity contribution in [2.75, 3.05) is 13.2 Å². The third kappa shape index (κ3) is 9.20. The number of amides is 2. The Hall–Kier alpha value is -4.66. The number of nitrogens with zero attached hydrogens (tertiary/aromatic N) is 1. The Bertz CT molecular complexity index is 1290. The van der Waals surface area contributed by atoms with Gasteiger partial charge in [0.25, 0.3) is 5.91 Å². The van der Waals surface area contributed by atoms with Crippen molar-refractivity contribution < 1.29 is 33.4 Å². The van der Waals surface area contributed by atoms with Crippen LogP contribution in [0, 0.1) is 0 Å². The zero-order valence-corrected chi connectivity index (χ0v) is 22.8. The number of likely N-dealkylation sites (tertiary alicyclic amines) is 1. The summed E-state index contributed by atoms with van der Waals surface area (Å²) in [6, 6.07) is 25.5. The second kappa shape index (κ2) is 15.2. The van der Waals surface area contributed by atoms with Gasteiger partial charge in [0.05, 0.1) is 0 Å². The van der Waals surface area contributed by atoms with E-state index in [1.807, 2.05) is 66.7 Å². The Morgan fingerprint density at radius 3 is 2.02 bits per heavy atom. The second-order valence-corrected chi connectivity index (χ2v) is 9.69. The maximum absolute atomic E-state index is 13.3. The summed E-state index contributed by atoms with van der Waals surface area (Å²) in [5, 5.41) is 2.73. The zero-order chi connectivity index (χ0) is 28.9. The van der Waals surface area contributed by atoms with Gasteiger partial charge in [-0.05, 0) is 42.5 Å². The van der Waals surface area contributed by atoms with Gasteiger partial charge in [-0.1, -0.05) is 78.9 Å². The van der Waals surface area contributed by atoms with Gasteiger partial charge in [-0.3, -0.25) is 14.4 Å². The maximum Gasteiger partial charge on any atom is 0.328 e. The molecular formula is C32H34N2O7. The van der Waals surface area contributed by atoms with Crippen LogP contribution in [-0.2, 0) is 41.9 Å². The highest BCUT2D eigenvalue weighted by molar-refractivity contribution is 5.91. The number of carbonyl (C=O) groups is 4. The summed E-state index contributed by atoms with van der Waals surface area (Å²) in [5.74, 6) is -1.41. The molecule has 2 amide bonds. The first-order valence-corrected chi connectivity index (χ1v) is 13.7. The zero-order valence-electron chi connectivity index (χ0n) is 22.8. The molecule has 214 valence electrons. The molecule has 0 aromatic heterocycles. The van der Waals surface area contributed by atoms with E-state index in [1.165, 1.54) is 4.90 Å². The lowest BCUT2D eigenvalue weighted by atomic mass is 10.1. The quantitative estimate of drug-likeness (QED) is 0.318. The van der Waals surface area contributed by atoms with Crippen molar-refractivity contribution in [1.29, 1.82) is 0 Å². The number of para-hydroxylation sites is 1. The molecule has 0 aliphatic carbocycles. The third-order valence-electron chi connectivity index (χ3n) is 6.69. The van der Waals surface area contributed by atoms with Gasteiger partial charge in [0, 0.05) is 13.0 Å². The minimum Gasteiger partial charge on any atom is -0.484 e. The van der Waals surface area contributed by atoms with Crippen molar-refractivity contribution in [3.8, 4) is 5.75 Å². The molecule has 4 rings (SSSR count). The number of benzene rings is 3. The lowest BCUT2D eigenvalue weighted by molar-refractivity contribution is -0.151. The molecule has 1 saturated heterocycles. The van der Waals surface area contributed by atoms with Gasteiger partial charge in [-0.25, -0.2) is 4.79 Å². The summed E-state index contributed by atoms with van der Waals surface area (Å²) in [7, 11) is 0. The van der Waals surface area contributed by atoms with Crippen LogP contribution in [0.1, 0.15) is 36.8 Å². The van der Waals surface area contributed by atoms with Crippen LogP contribution in [0.25, 0.3) is 0 Å². The largest absolute Gasteiger partial charge is 0.484 e. The van der Waals surface area contributed by atoms with Gasteiger partial charge >= 0.3 is 11.9 Å². The first kappa shape index (κ1) is 29.3. The minimum atomic E-state index is -1.09. The minimum absolute atomic E-state index is 0.00916. The maximum atomic E-state index is 13.3. The number of hydrogen-bond donors (Lipinski definition) is 1. The number of carbonyl (C=O) groups excluding carboxylic acids is 4. The van der Waals surface area contributed by atoms with Crippen LogP contribution in [0.15, 0.2) is 91.0 Å². The van der Waals surface area contributed by atoms with Crippen LogP contribution in [0.5, 0.6) is 5.75 Å². The lowest BCUT2D eigenvalue weighted by Crippen LogP contribution is -2.52. The van der Waals surface area contributed by atoms with E-state index >= 15 is 0 Å². The van der Waals surface area contributed by atoms with E-state index in [0.29, 0.717) is 25.1 Å². The van der Waals surface area contributed by atoms with Crippen LogP contribution in [0.2, 0.25) is 0 Å². The number of hydrogen-bond acceptors (Lipinski definition) is 7. The van der Waals surface area contributed by atoms with Crippen molar-refractivity contribution in [3.63, 3.8) is 0 Å². The average molecular weight is 559 g/mol. The van der Waals surface area contributed by atoms with E-state index in [1.54, 1.807) is 24.3 Å². The molecule has 0 spiro atoms. The molecule has 0 saturated carbocycles. The molecule has 0 unspecified atom stereocenters. The van der Waals surface area contributed by atoms with Crippen molar-refractivity contribution in [2.24, 2.45) is 0 Å². The Balaban J connectivity index is 1.35. The van der Waals surface area contributed by atoms with Gasteiger partial charge < -0.3 is 24.4 Å². The summed E-state index contributed by atoms with van der Waals surface area (Å²) in [6.07, 6.45) is 0.985. The van der Waals surface area contributed by atoms with E-state index in [9.17, 15) is 19.2 Å². The van der Waals surface area contributed by atoms with Gasteiger partial charge in [0.2, 0.25) is 5.91 Å². The molecule has 1 aliphatic rings. The molecule has 0 bridgehead atoms. The Labute approximate surface area is 239 Å². The summed E-state index contributed by atoms with van der Waals surface area (Å²) >= 11 is 0. The van der Waals surface area contributed by atoms with Crippen LogP contribution in [0.4, 0.5) is 0 Å². The second-order valence-electron chi connectivity index (χ2n) is 9.69. The predicted octanol–water partition coefficient (Wildman–Crippen LogP) is 3.81. The highest BCUT2D eigenvalue weighted by Gasteiger charge is 2.36. The van der Waals surface area contributed by atoms with Gasteiger partial charge in [-0.15, -0.1) is 0 Å². The molecule has 1 N–H and O–H groups in total. The third-order valence-corrected chi connectivity index (χ3v) is 6.69. The SMILES string of the molecule is O=C(CC[C@@H](NC(=O)[C@H]1CCCN1C(=O)COc1ccccc1)C(=O)OCc1ccccc1)OCc1ccccc1. The van der Waals surface area contributed by atoms with E-state index in [2.05, 4.69) is 5.32 Å². The smallest absolute Gasteiger partial charge is 0.328 e. The van der Waals surface area contributed by atoms with Gasteiger partial charge in [0.1, 0.15) is 31.0 Å². The van der Waals surface area contributed by atoms with E-state index in [-0.39, 0.29) is 38.6 Å². The predicted molar refractivity (Wildman–Crippen MR) is 150 cm³/mol. The van der Waals surface area contributed by atoms with Crippen LogP contribution < -0.4 is 10.1 Å². The monoisotopic (exact) mass is 558 g/mol. The summed E-state index contributed by atoms with van der Waals surface area (Å²) in [6.45, 7) is 0.336. The van der Waals surface area contributed by atoms with Crippen molar-refractivity contribution in [2.45, 2.75) is 51.0 Å². The average Bonchev–Trinajstić information content (AvgIpc) is 3.52. The molecule has 0 radical (unpaired) electrons. The molecule has 9 nitrogen and oxygen atoms in total. The molecule has 2 atom stereocenters. The first-order valence-electron chi connectivity index (χ1n) is 13.7. The van der Waals surface area contributed by atoms with Crippen LogP contribution in [-0.4, -0.2) is 53.9 Å². The van der Waals surface area contributed by atoms with Crippen LogP contribution in [0.3, 0.4) is 0 Å². The standard InChI is InChI=1S/C32H34N2O7/c35-29(23-39-26-15-8-3-9-16-26)34-20-10-17-28(34)31(37)33-27(32(38)41-22-25-13-6-2-7-14-25)18-19-30(36)40-21-24-11-4-1-5-12-24/h1-9,11-16,27-28H,10,17-23H2,(H,33,37)/t27-,28-/m1/s1. The molecule has 3 aromatic rings. The summed E-state index contributed by atoms with van der Waals surface area (Å²) in [4.78, 5) is 53.1. The van der Waals surface area contributed by atoms with E-state index in [4.69, 9.17) is 14.2 Å². The topological polar surface area (TPSA) is 111 Å². The number of esters is 2. The molecule has 1 aliphatic heterocycles. The van der Waals surface area contributed by atoms with Gasteiger partial charge in [-0.2, -0.15) is 0 Å². The number of nitrogens with one attached hydrogen (secondary N) is 1. The Kier molecular flexibility index (Phi) is 10.9. The lowest BCUT2D eigenvalue weighted by Gasteiger charge is -2.26. The molecular weight excluding hydrogens is 524 g/mol. The van der Waals surface area contributed by atoms with E-state index in [0.717, 1.165) is 11.1 Å². The molecule has 41 heavy (non-hydrogen) atoms. The summed E-state index contributed by atoms with van der Waals surface area (Å²) < 4.78 is 16.4. The highest BCUT2D eigenvalue weighted by Crippen LogP contribution is 2.19. The fourth-order valence-corrected chi connectivity index (χ4v) is 4.50. The number of rotatable bonds is 13. The summed E-state index contributed by atoms with van der Waals surface area (Å²) in [5.41, 5.74) is 1.63. The van der Waals surface area contributed by atoms with Crippen molar-refractivity contribution in [1.82, 2.24) is 10.2 Å².